The number of halogens is 3. The Hall–Kier alpha value is -3.33. The molecule has 35 heavy (non-hydrogen) atoms. The molecule has 0 aromatic heterocycles. The van der Waals surface area contributed by atoms with E-state index in [-0.39, 0.29) is 12.2 Å². The van der Waals surface area contributed by atoms with Crippen LogP contribution in [0, 0.1) is 0 Å². The molecule has 0 bridgehead atoms. The quantitative estimate of drug-likeness (QED) is 0.287. The maximum atomic E-state index is 13.1. The number of rotatable bonds is 6. The summed E-state index contributed by atoms with van der Waals surface area (Å²) in [4.78, 5) is 38.8. The number of nitrogens with one attached hydrogen (secondary N) is 1. The first kappa shape index (κ1) is 24.8. The number of hydrogen-bond donors (Lipinski definition) is 1. The van der Waals surface area contributed by atoms with Crippen LogP contribution in [0.2, 0.25) is 10.0 Å². The smallest absolute Gasteiger partial charge is 0.335 e. The molecule has 1 heterocycles. The predicted octanol–water partition coefficient (Wildman–Crippen LogP) is 6.01. The van der Waals surface area contributed by atoms with E-state index < -0.39 is 17.8 Å². The summed E-state index contributed by atoms with van der Waals surface area (Å²) in [5, 5.41) is 3.23. The summed E-state index contributed by atoms with van der Waals surface area (Å²) in [5.41, 5.74) is 1.43. The highest BCUT2D eigenvalue weighted by atomic mass is 79.9. The van der Waals surface area contributed by atoms with E-state index in [0.717, 1.165) is 10.5 Å². The van der Waals surface area contributed by atoms with Crippen molar-refractivity contribution in [2.45, 2.75) is 6.61 Å². The summed E-state index contributed by atoms with van der Waals surface area (Å²) >= 11 is 15.6. The number of nitrogens with zero attached hydrogens (tertiary/aromatic N) is 1. The number of imide groups is 2. The van der Waals surface area contributed by atoms with E-state index in [1.807, 2.05) is 0 Å². The van der Waals surface area contributed by atoms with Crippen molar-refractivity contribution in [3.05, 3.63) is 91.9 Å². The molecule has 3 aromatic rings. The first-order chi connectivity index (χ1) is 16.8. The van der Waals surface area contributed by atoms with Crippen LogP contribution in [0.25, 0.3) is 6.08 Å². The molecule has 178 valence electrons. The molecule has 0 atom stereocenters. The van der Waals surface area contributed by atoms with Gasteiger partial charge in [-0.15, -0.1) is 0 Å². The average Bonchev–Trinajstić information content (AvgIpc) is 2.82. The minimum Gasteiger partial charge on any atom is -0.497 e. The normalized spacial score (nSPS) is 14.8. The van der Waals surface area contributed by atoms with Gasteiger partial charge in [0.05, 0.1) is 17.3 Å². The monoisotopic (exact) mass is 574 g/mol. The molecule has 4 amide bonds. The van der Waals surface area contributed by atoms with Crippen LogP contribution in [0.3, 0.4) is 0 Å². The molecular formula is C25H17BrCl2N2O5. The summed E-state index contributed by atoms with van der Waals surface area (Å²) in [6.07, 6.45) is 1.41. The third-order valence-electron chi connectivity index (χ3n) is 5.10. The van der Waals surface area contributed by atoms with E-state index in [1.54, 1.807) is 60.7 Å². The zero-order valence-corrected chi connectivity index (χ0v) is 21.3. The molecule has 0 spiro atoms. The number of barbiturate groups is 1. The standard InChI is InChI=1S/C25H17BrCl2N2O5/c1-34-18-7-5-17(6-8-18)30-24(32)19(23(31)29-25(30)33)10-14-2-9-22(20(26)11-14)35-13-15-3-4-16(27)12-21(15)28/h2-12H,13H2,1H3,(H,29,31,33)/b19-10+. The zero-order valence-electron chi connectivity index (χ0n) is 18.2. The lowest BCUT2D eigenvalue weighted by molar-refractivity contribution is -0.122. The second-order valence-electron chi connectivity index (χ2n) is 7.37. The van der Waals surface area contributed by atoms with Gasteiger partial charge >= 0.3 is 6.03 Å². The zero-order chi connectivity index (χ0) is 25.1. The fourth-order valence-electron chi connectivity index (χ4n) is 3.31. The van der Waals surface area contributed by atoms with Gasteiger partial charge < -0.3 is 9.47 Å². The van der Waals surface area contributed by atoms with Crippen LogP contribution >= 0.6 is 39.1 Å². The second kappa shape index (κ2) is 10.5. The van der Waals surface area contributed by atoms with Crippen LogP contribution in [0.4, 0.5) is 10.5 Å². The Morgan fingerprint density at radius 1 is 1.00 bits per heavy atom. The Labute approximate surface area is 219 Å². The number of amides is 4. The molecule has 1 aliphatic heterocycles. The van der Waals surface area contributed by atoms with Crippen molar-refractivity contribution >= 4 is 68.7 Å². The van der Waals surface area contributed by atoms with Crippen LogP contribution in [-0.4, -0.2) is 25.0 Å². The lowest BCUT2D eigenvalue weighted by Crippen LogP contribution is -2.54. The maximum Gasteiger partial charge on any atom is 0.335 e. The van der Waals surface area contributed by atoms with Crippen molar-refractivity contribution in [2.75, 3.05) is 12.0 Å². The first-order valence-corrected chi connectivity index (χ1v) is 11.7. The Morgan fingerprint density at radius 3 is 2.40 bits per heavy atom. The van der Waals surface area contributed by atoms with E-state index in [4.69, 9.17) is 32.7 Å². The van der Waals surface area contributed by atoms with E-state index in [2.05, 4.69) is 21.2 Å². The van der Waals surface area contributed by atoms with Gasteiger partial charge in [-0.3, -0.25) is 14.9 Å². The van der Waals surface area contributed by atoms with Gasteiger partial charge in [0.1, 0.15) is 23.7 Å². The lowest BCUT2D eigenvalue weighted by Gasteiger charge is -2.26. The van der Waals surface area contributed by atoms with Gasteiger partial charge in [-0.25, -0.2) is 9.69 Å². The van der Waals surface area contributed by atoms with Gasteiger partial charge in [0.25, 0.3) is 11.8 Å². The molecule has 7 nitrogen and oxygen atoms in total. The lowest BCUT2D eigenvalue weighted by atomic mass is 10.1. The predicted molar refractivity (Wildman–Crippen MR) is 137 cm³/mol. The topological polar surface area (TPSA) is 84.9 Å². The van der Waals surface area contributed by atoms with E-state index in [1.165, 1.54) is 13.2 Å². The molecule has 4 rings (SSSR count). The summed E-state index contributed by atoms with van der Waals surface area (Å²) < 4.78 is 11.5. The Bertz CT molecular complexity index is 1360. The molecular weight excluding hydrogens is 559 g/mol. The van der Waals surface area contributed by atoms with Crippen molar-refractivity contribution in [1.29, 1.82) is 0 Å². The molecule has 0 aliphatic carbocycles. The van der Waals surface area contributed by atoms with Crippen LogP contribution in [0.1, 0.15) is 11.1 Å². The molecule has 10 heteroatoms. The molecule has 0 radical (unpaired) electrons. The Morgan fingerprint density at radius 2 is 1.74 bits per heavy atom. The van der Waals surface area contributed by atoms with E-state index in [9.17, 15) is 14.4 Å². The van der Waals surface area contributed by atoms with E-state index in [0.29, 0.717) is 37.3 Å². The largest absolute Gasteiger partial charge is 0.497 e. The molecule has 1 aliphatic rings. The fraction of sp³-hybridized carbons (Fsp3) is 0.0800. The number of anilines is 1. The maximum absolute atomic E-state index is 13.1. The van der Waals surface area contributed by atoms with Crippen molar-refractivity contribution in [3.8, 4) is 11.5 Å². The van der Waals surface area contributed by atoms with Gasteiger partial charge in [-0.2, -0.15) is 0 Å². The Kier molecular flexibility index (Phi) is 7.45. The van der Waals surface area contributed by atoms with E-state index >= 15 is 0 Å². The summed E-state index contributed by atoms with van der Waals surface area (Å²) in [6, 6.07) is 15.7. The minimum absolute atomic E-state index is 0.186. The number of benzene rings is 3. The number of hydrogen-bond acceptors (Lipinski definition) is 5. The minimum atomic E-state index is -0.826. The second-order valence-corrected chi connectivity index (χ2v) is 9.07. The molecule has 1 fully saturated rings. The number of carbonyl (C=O) groups is 3. The SMILES string of the molecule is COc1ccc(N2C(=O)NC(=O)/C(=C\c3ccc(OCc4ccc(Cl)cc4Cl)c(Br)c3)C2=O)cc1. The summed E-state index contributed by atoms with van der Waals surface area (Å²) in [7, 11) is 1.51. The van der Waals surface area contributed by atoms with Crippen molar-refractivity contribution < 1.29 is 23.9 Å². The Balaban J connectivity index is 1.55. The molecule has 3 aromatic carbocycles. The summed E-state index contributed by atoms with van der Waals surface area (Å²) in [5.74, 6) is -0.417. The highest BCUT2D eigenvalue weighted by Gasteiger charge is 2.36. The van der Waals surface area contributed by atoms with Gasteiger partial charge in [-0.05, 0) is 76.1 Å². The van der Waals surface area contributed by atoms with Crippen LogP contribution in [0.15, 0.2) is 70.7 Å². The highest BCUT2D eigenvalue weighted by Crippen LogP contribution is 2.30. The van der Waals surface area contributed by atoms with Crippen LogP contribution in [0.5, 0.6) is 11.5 Å². The number of methoxy groups -OCH3 is 1. The van der Waals surface area contributed by atoms with Crippen molar-refractivity contribution in [2.24, 2.45) is 0 Å². The summed E-state index contributed by atoms with van der Waals surface area (Å²) in [6.45, 7) is 0.217. The first-order valence-electron chi connectivity index (χ1n) is 10.2. The van der Waals surface area contributed by atoms with Gasteiger partial charge in [0.2, 0.25) is 0 Å². The fourth-order valence-corrected chi connectivity index (χ4v) is 4.28. The highest BCUT2D eigenvalue weighted by molar-refractivity contribution is 9.10. The van der Waals surface area contributed by atoms with Crippen LogP contribution in [-0.2, 0) is 16.2 Å². The van der Waals surface area contributed by atoms with Gasteiger partial charge in [0.15, 0.2) is 0 Å². The average molecular weight is 576 g/mol. The molecule has 0 saturated carbocycles. The molecule has 1 saturated heterocycles. The van der Waals surface area contributed by atoms with Crippen LogP contribution < -0.4 is 19.7 Å². The number of urea groups is 1. The third-order valence-corrected chi connectivity index (χ3v) is 6.30. The van der Waals surface area contributed by atoms with Gasteiger partial charge in [0, 0.05) is 15.6 Å². The third kappa shape index (κ3) is 5.51. The van der Waals surface area contributed by atoms with Crippen molar-refractivity contribution in [3.63, 3.8) is 0 Å². The van der Waals surface area contributed by atoms with Gasteiger partial charge in [-0.1, -0.05) is 35.3 Å². The molecule has 1 N–H and O–H groups in total. The number of carbonyl (C=O) groups excluding carboxylic acids is 3. The van der Waals surface area contributed by atoms with Crippen molar-refractivity contribution in [1.82, 2.24) is 5.32 Å². The molecule has 0 unspecified atom stereocenters. The number of ether oxygens (including phenoxy) is 2.